The number of aromatic nitrogens is 4. The van der Waals surface area contributed by atoms with E-state index in [4.69, 9.17) is 9.59 Å². The first-order chi connectivity index (χ1) is 18.9. The Morgan fingerprint density at radius 3 is 2.15 bits per heavy atom. The third-order valence-corrected chi connectivity index (χ3v) is 5.05. The molecule has 3 aromatic heterocycles. The summed E-state index contributed by atoms with van der Waals surface area (Å²) < 4.78 is 13.3. The van der Waals surface area contributed by atoms with Gasteiger partial charge in [0.2, 0.25) is 0 Å². The van der Waals surface area contributed by atoms with Gasteiger partial charge in [-0.2, -0.15) is 0 Å². The molecule has 3 aromatic rings. The van der Waals surface area contributed by atoms with Crippen molar-refractivity contribution < 1.29 is 18.8 Å². The maximum absolute atomic E-state index is 13.3. The molecule has 1 aliphatic rings. The van der Waals surface area contributed by atoms with Crippen molar-refractivity contribution >= 4 is 29.4 Å². The van der Waals surface area contributed by atoms with E-state index >= 15 is 0 Å². The Labute approximate surface area is 231 Å². The number of pyridine rings is 1. The van der Waals surface area contributed by atoms with Crippen molar-refractivity contribution in [1.29, 1.82) is 0 Å². The molecule has 2 N–H and O–H groups in total. The predicted molar refractivity (Wildman–Crippen MR) is 156 cm³/mol. The van der Waals surface area contributed by atoms with Crippen LogP contribution in [-0.2, 0) is 14.4 Å². The zero-order chi connectivity index (χ0) is 29.6. The number of rotatable bonds is 4. The summed E-state index contributed by atoms with van der Waals surface area (Å²) in [5.74, 6) is -0.168. The van der Waals surface area contributed by atoms with Gasteiger partial charge in [0.05, 0.1) is 29.9 Å². The molecule has 0 unspecified atom stereocenters. The molecular weight excluding hydrogens is 499 g/mol. The molecule has 0 bridgehead atoms. The second-order valence-corrected chi connectivity index (χ2v) is 8.01. The summed E-state index contributed by atoms with van der Waals surface area (Å²) in [6, 6.07) is 1.69. The number of fused-ring (bicyclic) bond motifs is 1. The van der Waals surface area contributed by atoms with Gasteiger partial charge in [-0.15, -0.1) is 0 Å². The van der Waals surface area contributed by atoms with Crippen LogP contribution < -0.4 is 0 Å². The van der Waals surface area contributed by atoms with Crippen molar-refractivity contribution in [2.24, 2.45) is 0 Å². The highest BCUT2D eigenvalue weighted by molar-refractivity contribution is 6.09. The number of allylic oxidation sites excluding steroid dienone is 2. The molecular formula is C29H43FN6O3. The third kappa shape index (κ3) is 12.0. The molecule has 1 aliphatic heterocycles. The number of likely N-dealkylation sites (N-methyl/N-ethyl adjacent to an activating group) is 1. The van der Waals surface area contributed by atoms with E-state index < -0.39 is 0 Å². The van der Waals surface area contributed by atoms with Gasteiger partial charge < -0.3 is 19.8 Å². The van der Waals surface area contributed by atoms with Crippen molar-refractivity contribution in [3.05, 3.63) is 60.6 Å². The number of hydrogen-bond acceptors (Lipinski definition) is 6. The quantitative estimate of drug-likeness (QED) is 0.203. The van der Waals surface area contributed by atoms with Crippen molar-refractivity contribution in [1.82, 2.24) is 29.7 Å². The first-order valence-corrected chi connectivity index (χ1v) is 13.1. The lowest BCUT2D eigenvalue weighted by molar-refractivity contribution is -0.128. The molecule has 10 heteroatoms. The van der Waals surface area contributed by atoms with Crippen LogP contribution in [-0.4, -0.2) is 81.4 Å². The van der Waals surface area contributed by atoms with Gasteiger partial charge in [0.15, 0.2) is 18.4 Å². The summed E-state index contributed by atoms with van der Waals surface area (Å²) in [5, 5.41) is 0.537. The maximum atomic E-state index is 13.3. The van der Waals surface area contributed by atoms with Crippen LogP contribution in [0, 0.1) is 5.82 Å². The van der Waals surface area contributed by atoms with E-state index in [2.05, 4.69) is 45.7 Å². The van der Waals surface area contributed by atoms with Crippen LogP contribution in [0.1, 0.15) is 48.0 Å². The Morgan fingerprint density at radius 1 is 1.05 bits per heavy atom. The van der Waals surface area contributed by atoms with Crippen molar-refractivity contribution in [2.75, 3.05) is 33.2 Å². The normalized spacial score (nSPS) is 13.0. The average Bonchev–Trinajstić information content (AvgIpc) is 3.68. The van der Waals surface area contributed by atoms with Crippen LogP contribution in [0.4, 0.5) is 4.39 Å². The van der Waals surface area contributed by atoms with Gasteiger partial charge in [0.25, 0.3) is 5.91 Å². The largest absolute Gasteiger partial charge is 0.359 e. The number of piperazine rings is 1. The molecule has 1 saturated heterocycles. The summed E-state index contributed by atoms with van der Waals surface area (Å²) in [7, 11) is 2.09. The summed E-state index contributed by atoms with van der Waals surface area (Å²) in [6.07, 6.45) is 13.4. The lowest BCUT2D eigenvalue weighted by Crippen LogP contribution is -2.47. The molecule has 0 radical (unpaired) electrons. The fraction of sp³-hybridized carbons (Fsp3) is 0.414. The molecule has 0 saturated carbocycles. The number of carbonyl (C=O) groups is 3. The van der Waals surface area contributed by atoms with E-state index in [9.17, 15) is 9.18 Å². The Kier molecular flexibility index (Phi) is 18.9. The van der Waals surface area contributed by atoms with Crippen LogP contribution in [0.3, 0.4) is 0 Å². The molecule has 0 atom stereocenters. The number of halogens is 1. The van der Waals surface area contributed by atoms with E-state index in [0.29, 0.717) is 16.6 Å². The van der Waals surface area contributed by atoms with Gasteiger partial charge in [-0.3, -0.25) is 14.4 Å². The Morgan fingerprint density at radius 2 is 1.67 bits per heavy atom. The smallest absolute Gasteiger partial charge is 0.253 e. The van der Waals surface area contributed by atoms with Gasteiger partial charge in [-0.25, -0.2) is 14.4 Å². The summed E-state index contributed by atoms with van der Waals surface area (Å²) in [4.78, 5) is 47.7. The van der Waals surface area contributed by atoms with Gasteiger partial charge in [0.1, 0.15) is 5.69 Å². The van der Waals surface area contributed by atoms with Crippen LogP contribution in [0.15, 0.2) is 54.8 Å². The second-order valence-electron chi connectivity index (χ2n) is 8.01. The number of hydrogen-bond donors (Lipinski definition) is 2. The molecule has 0 aromatic carbocycles. The number of nitrogens with one attached hydrogen (secondary N) is 2. The minimum atomic E-state index is -0.325. The van der Waals surface area contributed by atoms with Crippen LogP contribution >= 0.6 is 0 Å². The zero-order valence-electron chi connectivity index (χ0n) is 24.2. The van der Waals surface area contributed by atoms with Crippen molar-refractivity contribution in [3.63, 3.8) is 0 Å². The van der Waals surface area contributed by atoms with Gasteiger partial charge in [-0.05, 0) is 27.0 Å². The fourth-order valence-corrected chi connectivity index (χ4v) is 3.27. The Balaban J connectivity index is 0.000000571. The minimum Gasteiger partial charge on any atom is -0.359 e. The molecule has 0 aliphatic carbocycles. The van der Waals surface area contributed by atoms with Crippen LogP contribution in [0.5, 0.6) is 0 Å². The number of imidazole rings is 1. The first kappa shape index (κ1) is 35.1. The lowest BCUT2D eigenvalue weighted by atomic mass is 10.2. The summed E-state index contributed by atoms with van der Waals surface area (Å²) in [6.45, 7) is 15.7. The van der Waals surface area contributed by atoms with E-state index in [-0.39, 0.29) is 24.3 Å². The van der Waals surface area contributed by atoms with E-state index in [1.54, 1.807) is 24.8 Å². The highest BCUT2D eigenvalue weighted by Gasteiger charge is 2.20. The van der Waals surface area contributed by atoms with E-state index in [1.165, 1.54) is 12.6 Å². The third-order valence-electron chi connectivity index (χ3n) is 5.05. The minimum absolute atomic E-state index is 0.156. The first-order valence-electron chi connectivity index (χ1n) is 13.1. The average molecular weight is 543 g/mol. The highest BCUT2D eigenvalue weighted by Crippen LogP contribution is 2.25. The van der Waals surface area contributed by atoms with Crippen LogP contribution in [0.25, 0.3) is 22.3 Å². The number of aldehydes is 2. The summed E-state index contributed by atoms with van der Waals surface area (Å²) in [5.41, 5.74) is 2.91. The second kappa shape index (κ2) is 21.1. The molecule has 0 spiro atoms. The molecule has 4 heterocycles. The topological polar surface area (TPSA) is 115 Å². The molecule has 1 amide bonds. The number of amides is 1. The maximum Gasteiger partial charge on any atom is 0.253 e. The van der Waals surface area contributed by atoms with Gasteiger partial charge in [-0.1, -0.05) is 52.3 Å². The van der Waals surface area contributed by atoms with Crippen LogP contribution in [0.2, 0.25) is 0 Å². The highest BCUT2D eigenvalue weighted by atomic mass is 19.1. The molecule has 39 heavy (non-hydrogen) atoms. The van der Waals surface area contributed by atoms with Gasteiger partial charge >= 0.3 is 0 Å². The Hall–Kier alpha value is -3.92. The number of H-pyrrole nitrogens is 2. The fourth-order valence-electron chi connectivity index (χ4n) is 3.27. The van der Waals surface area contributed by atoms with E-state index in [1.807, 2.05) is 50.8 Å². The molecule has 1 fully saturated rings. The van der Waals surface area contributed by atoms with Gasteiger partial charge in [0, 0.05) is 43.3 Å². The molecule has 4 rings (SSSR count). The molecule has 214 valence electrons. The van der Waals surface area contributed by atoms with Crippen molar-refractivity contribution in [2.45, 2.75) is 48.0 Å². The lowest BCUT2D eigenvalue weighted by Gasteiger charge is -2.32. The van der Waals surface area contributed by atoms with E-state index in [0.717, 1.165) is 37.4 Å². The predicted octanol–water partition coefficient (Wildman–Crippen LogP) is 5.20. The standard InChI is InChI=1S/C12H20N2O.C10H7FN4.C3H8.C2H2O2.C2H6/c1-4-6-11(5-2)12(15)14-9-7-13(3)8-10-14;11-7-3-14-10(8-4-12-5-15-8)9-6(7)1-2-13-9;1-3-2;3-1-2-4;1-2/h4-6H,7-10H2,1-3H3;1-5,13H,(H,12,15);3H2,1-2H3;1-2H;1-2H3/b6-4-,11-5+;;;;. The molecule has 9 nitrogen and oxygen atoms in total. The van der Waals surface area contributed by atoms with Crippen molar-refractivity contribution in [3.8, 4) is 11.4 Å². The monoisotopic (exact) mass is 542 g/mol. The summed E-state index contributed by atoms with van der Waals surface area (Å²) >= 11 is 0. The number of nitrogens with zero attached hydrogens (tertiary/aromatic N) is 4. The Bertz CT molecular complexity index is 1140. The number of carbonyl (C=O) groups excluding carboxylic acids is 3. The SMILES string of the molecule is C/C=C\C(=C/C)C(=O)N1CCN(C)CC1.CC.CCC.Fc1cnc(-c2cnc[nH]2)c2[nH]ccc12.O=CC=O. The zero-order valence-corrected chi connectivity index (χ0v) is 24.2. The number of aromatic amines is 2.